The predicted octanol–water partition coefficient (Wildman–Crippen LogP) is 1.13. The van der Waals surface area contributed by atoms with Crippen LogP contribution < -0.4 is 15.0 Å². The Morgan fingerprint density at radius 1 is 1.40 bits per heavy atom. The molecule has 1 aliphatic heterocycles. The first-order valence-electron chi connectivity index (χ1n) is 7.87. The number of piperazine rings is 1. The van der Waals surface area contributed by atoms with Crippen molar-refractivity contribution >= 4 is 27.8 Å². The SMILES string of the molecule is CN=C(NCc1ccon1)N1CCN(c2ncc(Br)c(OC)n2)CC1. The first-order valence-corrected chi connectivity index (χ1v) is 8.67. The van der Waals surface area contributed by atoms with Gasteiger partial charge in [-0.1, -0.05) is 5.16 Å². The smallest absolute Gasteiger partial charge is 0.232 e. The molecular formula is C15H20BrN7O2. The average Bonchev–Trinajstić information content (AvgIpc) is 3.17. The molecule has 134 valence electrons. The molecule has 0 amide bonds. The van der Waals surface area contributed by atoms with Gasteiger partial charge in [0.05, 0.1) is 24.3 Å². The van der Waals surface area contributed by atoms with Crippen molar-refractivity contribution in [3.05, 3.63) is 28.7 Å². The number of aliphatic imine (C=N–C) groups is 1. The zero-order valence-electron chi connectivity index (χ0n) is 14.1. The molecule has 0 aliphatic carbocycles. The van der Waals surface area contributed by atoms with E-state index >= 15 is 0 Å². The maximum atomic E-state index is 5.24. The van der Waals surface area contributed by atoms with Crippen LogP contribution in [-0.4, -0.2) is 66.3 Å². The molecule has 0 saturated carbocycles. The molecule has 1 saturated heterocycles. The lowest BCUT2D eigenvalue weighted by atomic mass is 10.3. The molecule has 2 aromatic rings. The van der Waals surface area contributed by atoms with Crippen LogP contribution in [0.4, 0.5) is 5.95 Å². The number of halogens is 1. The van der Waals surface area contributed by atoms with Gasteiger partial charge in [0.15, 0.2) is 5.96 Å². The van der Waals surface area contributed by atoms with Gasteiger partial charge in [-0.3, -0.25) is 4.99 Å². The fraction of sp³-hybridized carbons (Fsp3) is 0.467. The van der Waals surface area contributed by atoms with Crippen molar-refractivity contribution in [2.24, 2.45) is 4.99 Å². The molecule has 1 aliphatic rings. The maximum Gasteiger partial charge on any atom is 0.232 e. The van der Waals surface area contributed by atoms with Gasteiger partial charge in [-0.05, 0) is 15.9 Å². The van der Waals surface area contributed by atoms with Crippen LogP contribution in [0.5, 0.6) is 5.88 Å². The Balaban J connectivity index is 1.57. The zero-order valence-corrected chi connectivity index (χ0v) is 15.7. The van der Waals surface area contributed by atoms with Crippen molar-refractivity contribution in [3.63, 3.8) is 0 Å². The number of hydrogen-bond acceptors (Lipinski definition) is 7. The monoisotopic (exact) mass is 409 g/mol. The normalized spacial score (nSPS) is 15.4. The summed E-state index contributed by atoms with van der Waals surface area (Å²) in [5.41, 5.74) is 0.843. The summed E-state index contributed by atoms with van der Waals surface area (Å²) >= 11 is 3.37. The molecule has 9 nitrogen and oxygen atoms in total. The number of ether oxygens (including phenoxy) is 1. The molecule has 10 heteroatoms. The minimum absolute atomic E-state index is 0.539. The van der Waals surface area contributed by atoms with Gasteiger partial charge in [0.2, 0.25) is 11.8 Å². The largest absolute Gasteiger partial charge is 0.480 e. The van der Waals surface area contributed by atoms with Gasteiger partial charge in [0, 0.05) is 39.3 Å². The second-order valence-electron chi connectivity index (χ2n) is 5.39. The highest BCUT2D eigenvalue weighted by Crippen LogP contribution is 2.23. The molecule has 3 heterocycles. The number of nitrogens with one attached hydrogen (secondary N) is 1. The van der Waals surface area contributed by atoms with Crippen LogP contribution in [0, 0.1) is 0 Å². The Morgan fingerprint density at radius 3 is 2.84 bits per heavy atom. The summed E-state index contributed by atoms with van der Waals surface area (Å²) in [5.74, 6) is 2.06. The standard InChI is InChI=1S/C15H20BrN7O2/c1-17-14(18-9-11-3-8-25-21-11)22-4-6-23(7-5-22)15-19-10-12(16)13(20-15)24-2/h3,8,10H,4-7,9H2,1-2H3,(H,17,18). The van der Waals surface area contributed by atoms with E-state index in [4.69, 9.17) is 9.26 Å². The third-order valence-corrected chi connectivity index (χ3v) is 4.43. The van der Waals surface area contributed by atoms with E-state index in [1.54, 1.807) is 26.6 Å². The summed E-state index contributed by atoms with van der Waals surface area (Å²) in [6.07, 6.45) is 3.27. The molecule has 0 bridgehead atoms. The summed E-state index contributed by atoms with van der Waals surface area (Å²) < 4.78 is 10.8. The van der Waals surface area contributed by atoms with E-state index in [2.05, 4.69) is 51.2 Å². The summed E-state index contributed by atoms with van der Waals surface area (Å²) in [6.45, 7) is 3.82. The predicted molar refractivity (Wildman–Crippen MR) is 96.8 cm³/mol. The number of hydrogen-bond donors (Lipinski definition) is 1. The first kappa shape index (κ1) is 17.5. The Kier molecular flexibility index (Phi) is 5.69. The van der Waals surface area contributed by atoms with Crippen LogP contribution in [-0.2, 0) is 6.54 Å². The molecule has 0 unspecified atom stereocenters. The fourth-order valence-electron chi connectivity index (χ4n) is 2.59. The number of rotatable bonds is 4. The lowest BCUT2D eigenvalue weighted by Crippen LogP contribution is -2.52. The van der Waals surface area contributed by atoms with Crippen LogP contribution in [0.1, 0.15) is 5.69 Å². The Morgan fingerprint density at radius 2 is 2.20 bits per heavy atom. The number of anilines is 1. The highest BCUT2D eigenvalue weighted by molar-refractivity contribution is 9.10. The number of guanidine groups is 1. The maximum absolute atomic E-state index is 5.24. The minimum Gasteiger partial charge on any atom is -0.480 e. The Bertz CT molecular complexity index is 715. The minimum atomic E-state index is 0.539. The number of methoxy groups -OCH3 is 1. The van der Waals surface area contributed by atoms with Crippen molar-refractivity contribution in [2.45, 2.75) is 6.54 Å². The summed E-state index contributed by atoms with van der Waals surface area (Å²) in [5, 5.41) is 7.19. The second kappa shape index (κ2) is 8.15. The van der Waals surface area contributed by atoms with Gasteiger partial charge >= 0.3 is 0 Å². The van der Waals surface area contributed by atoms with Crippen molar-refractivity contribution in [1.82, 2.24) is 25.3 Å². The highest BCUT2D eigenvalue weighted by atomic mass is 79.9. The lowest BCUT2D eigenvalue weighted by Gasteiger charge is -2.36. The van der Waals surface area contributed by atoms with Gasteiger partial charge < -0.3 is 24.4 Å². The van der Waals surface area contributed by atoms with E-state index in [1.807, 2.05) is 6.07 Å². The van der Waals surface area contributed by atoms with Crippen LogP contribution in [0.25, 0.3) is 0 Å². The third kappa shape index (κ3) is 4.19. The Labute approximate surface area is 154 Å². The lowest BCUT2D eigenvalue weighted by molar-refractivity contribution is 0.364. The van der Waals surface area contributed by atoms with Crippen molar-refractivity contribution in [3.8, 4) is 5.88 Å². The molecular weight excluding hydrogens is 390 g/mol. The molecule has 2 aromatic heterocycles. The van der Waals surface area contributed by atoms with Gasteiger partial charge in [-0.15, -0.1) is 0 Å². The van der Waals surface area contributed by atoms with Gasteiger partial charge in [0.25, 0.3) is 0 Å². The summed E-state index contributed by atoms with van der Waals surface area (Å²) in [7, 11) is 3.37. The average molecular weight is 410 g/mol. The summed E-state index contributed by atoms with van der Waals surface area (Å²) in [6, 6.07) is 1.83. The Hall–Kier alpha value is -2.36. The molecule has 0 radical (unpaired) electrons. The van der Waals surface area contributed by atoms with Crippen molar-refractivity contribution in [1.29, 1.82) is 0 Å². The third-order valence-electron chi connectivity index (χ3n) is 3.89. The fourth-order valence-corrected chi connectivity index (χ4v) is 2.94. The van der Waals surface area contributed by atoms with Crippen molar-refractivity contribution in [2.75, 3.05) is 45.2 Å². The van der Waals surface area contributed by atoms with Crippen LogP contribution in [0.3, 0.4) is 0 Å². The van der Waals surface area contributed by atoms with E-state index in [-0.39, 0.29) is 0 Å². The molecule has 3 rings (SSSR count). The van der Waals surface area contributed by atoms with Gasteiger partial charge in [-0.25, -0.2) is 4.98 Å². The second-order valence-corrected chi connectivity index (χ2v) is 6.25. The zero-order chi connectivity index (χ0) is 17.6. The topological polar surface area (TPSA) is 91.9 Å². The van der Waals surface area contributed by atoms with E-state index in [0.29, 0.717) is 18.4 Å². The molecule has 1 fully saturated rings. The number of aromatic nitrogens is 3. The highest BCUT2D eigenvalue weighted by Gasteiger charge is 2.22. The van der Waals surface area contributed by atoms with Crippen LogP contribution >= 0.6 is 15.9 Å². The van der Waals surface area contributed by atoms with E-state index < -0.39 is 0 Å². The van der Waals surface area contributed by atoms with E-state index in [0.717, 1.165) is 42.3 Å². The van der Waals surface area contributed by atoms with E-state index in [1.165, 1.54) is 0 Å². The van der Waals surface area contributed by atoms with Gasteiger partial charge in [0.1, 0.15) is 12.0 Å². The molecule has 1 N–H and O–H groups in total. The first-order chi connectivity index (χ1) is 12.2. The summed E-state index contributed by atoms with van der Waals surface area (Å²) in [4.78, 5) is 17.5. The van der Waals surface area contributed by atoms with Crippen LogP contribution in [0.15, 0.2) is 32.5 Å². The number of nitrogens with zero attached hydrogens (tertiary/aromatic N) is 6. The van der Waals surface area contributed by atoms with Crippen molar-refractivity contribution < 1.29 is 9.26 Å². The molecule has 0 aromatic carbocycles. The molecule has 25 heavy (non-hydrogen) atoms. The quantitative estimate of drug-likeness (QED) is 0.593. The molecule has 0 spiro atoms. The molecule has 0 atom stereocenters. The van der Waals surface area contributed by atoms with Gasteiger partial charge in [-0.2, -0.15) is 4.98 Å². The van der Waals surface area contributed by atoms with Crippen LogP contribution in [0.2, 0.25) is 0 Å². The van der Waals surface area contributed by atoms with E-state index in [9.17, 15) is 0 Å².